The fraction of sp³-hybridized carbons (Fsp3) is 0.125. The van der Waals surface area contributed by atoms with Gasteiger partial charge in [-0.1, -0.05) is 42.0 Å². The van der Waals surface area contributed by atoms with Gasteiger partial charge in [0.25, 0.3) is 5.69 Å². The quantitative estimate of drug-likeness (QED) is 0.325. The van der Waals surface area contributed by atoms with Gasteiger partial charge in [0.15, 0.2) is 5.76 Å². The van der Waals surface area contributed by atoms with E-state index in [2.05, 4.69) is 0 Å². The number of hydrogen-bond acceptors (Lipinski definition) is 5. The number of nitrogens with zero attached hydrogens (tertiary/aromatic N) is 1. The molecule has 150 valence electrons. The van der Waals surface area contributed by atoms with Crippen molar-refractivity contribution in [3.63, 3.8) is 0 Å². The summed E-state index contributed by atoms with van der Waals surface area (Å²) in [7, 11) is 0. The Balaban J connectivity index is 1.57. The van der Waals surface area contributed by atoms with Crippen LogP contribution in [-0.4, -0.2) is 10.7 Å². The first-order valence-corrected chi connectivity index (χ1v) is 9.43. The highest BCUT2D eigenvalue weighted by Crippen LogP contribution is 2.39. The van der Waals surface area contributed by atoms with E-state index in [4.69, 9.17) is 9.47 Å². The third-order valence-electron chi connectivity index (χ3n) is 4.93. The third-order valence-corrected chi connectivity index (χ3v) is 4.93. The number of carbonyl (C=O) groups excluding carboxylic acids is 1. The van der Waals surface area contributed by atoms with Gasteiger partial charge in [0, 0.05) is 17.7 Å². The molecule has 0 aromatic heterocycles. The molecule has 0 aliphatic carbocycles. The van der Waals surface area contributed by atoms with Crippen LogP contribution in [0.2, 0.25) is 0 Å². The van der Waals surface area contributed by atoms with Gasteiger partial charge < -0.3 is 9.47 Å². The number of Topliss-reactive ketones (excluding diaryl/α,β-unsaturated/α-hetero) is 1. The molecule has 0 saturated carbocycles. The molecule has 3 aromatic rings. The van der Waals surface area contributed by atoms with Crippen LogP contribution in [0.15, 0.2) is 66.4 Å². The predicted molar refractivity (Wildman–Crippen MR) is 113 cm³/mol. The lowest BCUT2D eigenvalue weighted by atomic mass is 10.1. The first-order chi connectivity index (χ1) is 14.4. The Morgan fingerprint density at radius 3 is 2.57 bits per heavy atom. The van der Waals surface area contributed by atoms with Crippen molar-refractivity contribution in [2.75, 3.05) is 0 Å². The van der Waals surface area contributed by atoms with Crippen molar-refractivity contribution in [1.82, 2.24) is 0 Å². The summed E-state index contributed by atoms with van der Waals surface area (Å²) in [4.78, 5) is 23.2. The van der Waals surface area contributed by atoms with E-state index < -0.39 is 4.92 Å². The summed E-state index contributed by atoms with van der Waals surface area (Å²) in [5.41, 5.74) is 3.89. The Bertz CT molecular complexity index is 1180. The molecule has 0 N–H and O–H groups in total. The van der Waals surface area contributed by atoms with Gasteiger partial charge in [0.1, 0.15) is 18.1 Å². The molecule has 0 radical (unpaired) electrons. The van der Waals surface area contributed by atoms with Crippen molar-refractivity contribution >= 4 is 17.5 Å². The van der Waals surface area contributed by atoms with Gasteiger partial charge in [-0.3, -0.25) is 14.9 Å². The molecule has 3 aromatic carbocycles. The molecule has 1 aliphatic rings. The lowest BCUT2D eigenvalue weighted by molar-refractivity contribution is -0.384. The van der Waals surface area contributed by atoms with E-state index in [1.807, 2.05) is 38.1 Å². The van der Waals surface area contributed by atoms with Gasteiger partial charge >= 0.3 is 0 Å². The highest BCUT2D eigenvalue weighted by molar-refractivity contribution is 6.15. The number of allylic oxidation sites excluding steroid dienone is 1. The van der Waals surface area contributed by atoms with Crippen molar-refractivity contribution in [3.8, 4) is 11.5 Å². The normalized spacial score (nSPS) is 13.8. The average molecular weight is 401 g/mol. The number of non-ortho nitro benzene ring substituents is 1. The molecule has 0 amide bonds. The summed E-state index contributed by atoms with van der Waals surface area (Å²) in [5.74, 6) is 0.964. The van der Waals surface area contributed by atoms with Crippen LogP contribution in [0.25, 0.3) is 6.08 Å². The highest BCUT2D eigenvalue weighted by Gasteiger charge is 2.30. The zero-order valence-electron chi connectivity index (χ0n) is 16.5. The number of rotatable bonds is 5. The number of nitro benzene ring substituents is 1. The van der Waals surface area contributed by atoms with Crippen molar-refractivity contribution in [2.24, 2.45) is 0 Å². The fourth-order valence-corrected chi connectivity index (χ4v) is 3.25. The molecule has 0 unspecified atom stereocenters. The molecule has 1 heterocycles. The van der Waals surface area contributed by atoms with Crippen LogP contribution in [0.3, 0.4) is 0 Å². The second-order valence-electron chi connectivity index (χ2n) is 7.13. The Hall–Kier alpha value is -3.93. The number of aryl methyl sites for hydroxylation is 1. The second kappa shape index (κ2) is 7.83. The van der Waals surface area contributed by atoms with E-state index in [1.165, 1.54) is 23.8 Å². The molecule has 30 heavy (non-hydrogen) atoms. The maximum absolute atomic E-state index is 12.7. The smallest absolute Gasteiger partial charge is 0.270 e. The molecule has 0 fully saturated rings. The lowest BCUT2D eigenvalue weighted by Crippen LogP contribution is -1.98. The highest BCUT2D eigenvalue weighted by atomic mass is 16.6. The molecule has 6 heteroatoms. The first-order valence-electron chi connectivity index (χ1n) is 9.43. The molecule has 1 aliphatic heterocycles. The minimum absolute atomic E-state index is 0.0460. The van der Waals surface area contributed by atoms with Gasteiger partial charge in [0.2, 0.25) is 5.78 Å². The van der Waals surface area contributed by atoms with Crippen LogP contribution in [0.5, 0.6) is 11.5 Å². The van der Waals surface area contributed by atoms with E-state index in [-0.39, 0.29) is 17.2 Å². The molecule has 0 bridgehead atoms. The number of fused-ring (bicyclic) bond motifs is 1. The van der Waals surface area contributed by atoms with E-state index in [0.29, 0.717) is 29.2 Å². The van der Waals surface area contributed by atoms with Crippen LogP contribution in [0.1, 0.15) is 32.6 Å². The maximum Gasteiger partial charge on any atom is 0.270 e. The monoisotopic (exact) mass is 401 g/mol. The number of hydrogen-bond donors (Lipinski definition) is 0. The largest absolute Gasteiger partial charge is 0.488 e. The number of ketones is 1. The lowest BCUT2D eigenvalue weighted by Gasteiger charge is -2.11. The van der Waals surface area contributed by atoms with Crippen LogP contribution >= 0.6 is 0 Å². The fourth-order valence-electron chi connectivity index (χ4n) is 3.25. The Morgan fingerprint density at radius 2 is 1.83 bits per heavy atom. The van der Waals surface area contributed by atoms with Crippen molar-refractivity contribution in [3.05, 3.63) is 104 Å². The summed E-state index contributed by atoms with van der Waals surface area (Å²) in [6.45, 7) is 4.28. The minimum Gasteiger partial charge on any atom is -0.488 e. The summed E-state index contributed by atoms with van der Waals surface area (Å²) in [5, 5.41) is 11.0. The molecular formula is C24H19NO5. The average Bonchev–Trinajstić information content (AvgIpc) is 3.05. The van der Waals surface area contributed by atoms with E-state index >= 15 is 0 Å². The standard InChI is InChI=1S/C24H19NO5/c1-15-6-8-17(9-7-15)14-29-21-11-10-20-23(26)22(30-24(20)16(21)2)13-18-4-3-5-19(12-18)25(27)28/h3-13H,14H2,1-2H3/b22-13-. The van der Waals surface area contributed by atoms with Gasteiger partial charge in [0.05, 0.1) is 10.5 Å². The number of ether oxygens (including phenoxy) is 2. The van der Waals surface area contributed by atoms with Crippen LogP contribution < -0.4 is 9.47 Å². The van der Waals surface area contributed by atoms with Gasteiger partial charge in [-0.2, -0.15) is 0 Å². The van der Waals surface area contributed by atoms with Crippen molar-refractivity contribution < 1.29 is 19.2 Å². The van der Waals surface area contributed by atoms with Gasteiger partial charge in [-0.05, 0) is 43.2 Å². The molecule has 0 saturated heterocycles. The summed E-state index contributed by atoms with van der Waals surface area (Å²) in [6, 6.07) is 17.6. The summed E-state index contributed by atoms with van der Waals surface area (Å²) in [6.07, 6.45) is 1.52. The van der Waals surface area contributed by atoms with Gasteiger partial charge in [-0.15, -0.1) is 0 Å². The van der Waals surface area contributed by atoms with Gasteiger partial charge in [-0.25, -0.2) is 0 Å². The zero-order valence-corrected chi connectivity index (χ0v) is 16.5. The molecule has 0 atom stereocenters. The van der Waals surface area contributed by atoms with Crippen LogP contribution in [0.4, 0.5) is 5.69 Å². The number of carbonyl (C=O) groups is 1. The number of nitro groups is 1. The maximum atomic E-state index is 12.7. The predicted octanol–water partition coefficient (Wildman–Crippen LogP) is 5.41. The molecule has 4 rings (SSSR count). The summed E-state index contributed by atoms with van der Waals surface area (Å²) >= 11 is 0. The molecule has 0 spiro atoms. The Kier molecular flexibility index (Phi) is 5.06. The topological polar surface area (TPSA) is 78.7 Å². The van der Waals surface area contributed by atoms with E-state index in [0.717, 1.165) is 11.1 Å². The SMILES string of the molecule is Cc1ccc(COc2ccc3c(c2C)O/C(=C\c2cccc([N+](=O)[O-])c2)C3=O)cc1. The Labute approximate surface area is 173 Å². The first kappa shape index (κ1) is 19.4. The second-order valence-corrected chi connectivity index (χ2v) is 7.13. The van der Waals surface area contributed by atoms with Crippen molar-refractivity contribution in [2.45, 2.75) is 20.5 Å². The zero-order chi connectivity index (χ0) is 21.3. The molecule has 6 nitrogen and oxygen atoms in total. The van der Waals surface area contributed by atoms with Crippen LogP contribution in [0, 0.1) is 24.0 Å². The van der Waals surface area contributed by atoms with E-state index in [9.17, 15) is 14.9 Å². The third kappa shape index (κ3) is 3.80. The van der Waals surface area contributed by atoms with E-state index in [1.54, 1.807) is 24.3 Å². The Morgan fingerprint density at radius 1 is 1.07 bits per heavy atom. The number of benzene rings is 3. The van der Waals surface area contributed by atoms with Crippen molar-refractivity contribution in [1.29, 1.82) is 0 Å². The summed E-state index contributed by atoms with van der Waals surface area (Å²) < 4.78 is 11.8. The minimum atomic E-state index is -0.476. The molecular weight excluding hydrogens is 382 g/mol. The van der Waals surface area contributed by atoms with Crippen LogP contribution in [-0.2, 0) is 6.61 Å².